The summed E-state index contributed by atoms with van der Waals surface area (Å²) in [6, 6.07) is 25.6. The van der Waals surface area contributed by atoms with Gasteiger partial charge in [0.25, 0.3) is 0 Å². The summed E-state index contributed by atoms with van der Waals surface area (Å²) in [7, 11) is 0. The van der Waals surface area contributed by atoms with Crippen LogP contribution in [0.2, 0.25) is 0 Å². The normalized spacial score (nSPS) is 19.3. The number of rotatable bonds is 5. The molecule has 0 radical (unpaired) electrons. The molecule has 0 aliphatic carbocycles. The highest BCUT2D eigenvalue weighted by atomic mass is 15.2. The third-order valence-electron chi connectivity index (χ3n) is 4.70. The van der Waals surface area contributed by atoms with Gasteiger partial charge in [-0.2, -0.15) is 0 Å². The Bertz CT molecular complexity index is 816. The van der Waals surface area contributed by atoms with Gasteiger partial charge in [-0.1, -0.05) is 66.7 Å². The van der Waals surface area contributed by atoms with E-state index >= 15 is 0 Å². The standard InChI is InChI=1S/C22H21N3/c1-3-8-18(9-4-1)13-15-25-17-24-21(19-10-5-2-6-11-19)22(25)20-12-7-14-23-16-20/h1-12,14,16-17,21-22H,13,15H2/t21-,22+/m0/s1. The first-order valence-electron chi connectivity index (χ1n) is 8.70. The summed E-state index contributed by atoms with van der Waals surface area (Å²) in [5.74, 6) is 0. The summed E-state index contributed by atoms with van der Waals surface area (Å²) in [6.07, 6.45) is 6.80. The molecule has 1 aromatic heterocycles. The van der Waals surface area contributed by atoms with Crippen LogP contribution in [0.1, 0.15) is 28.8 Å². The van der Waals surface area contributed by atoms with E-state index in [1.165, 1.54) is 16.7 Å². The number of hydrogen-bond acceptors (Lipinski definition) is 3. The zero-order chi connectivity index (χ0) is 16.9. The topological polar surface area (TPSA) is 28.5 Å². The van der Waals surface area contributed by atoms with Gasteiger partial charge in [0.05, 0.1) is 12.4 Å². The van der Waals surface area contributed by atoms with Crippen LogP contribution in [-0.2, 0) is 6.42 Å². The Kier molecular flexibility index (Phi) is 4.55. The van der Waals surface area contributed by atoms with Gasteiger partial charge in [-0.25, -0.2) is 0 Å². The maximum Gasteiger partial charge on any atom is 0.101 e. The molecule has 2 aromatic carbocycles. The van der Waals surface area contributed by atoms with E-state index in [0.717, 1.165) is 13.0 Å². The molecule has 0 spiro atoms. The van der Waals surface area contributed by atoms with Crippen LogP contribution in [0, 0.1) is 0 Å². The lowest BCUT2D eigenvalue weighted by molar-refractivity contribution is 0.319. The van der Waals surface area contributed by atoms with E-state index in [9.17, 15) is 0 Å². The van der Waals surface area contributed by atoms with Gasteiger partial charge in [0, 0.05) is 18.9 Å². The zero-order valence-electron chi connectivity index (χ0n) is 14.1. The maximum absolute atomic E-state index is 4.83. The average molecular weight is 327 g/mol. The highest BCUT2D eigenvalue weighted by Gasteiger charge is 2.33. The number of aliphatic imine (C=N–C) groups is 1. The molecule has 1 aliphatic heterocycles. The Morgan fingerprint density at radius 2 is 1.52 bits per heavy atom. The van der Waals surface area contributed by atoms with Crippen molar-refractivity contribution in [3.8, 4) is 0 Å². The number of pyridine rings is 1. The minimum Gasteiger partial charge on any atom is -0.353 e. The molecular formula is C22H21N3. The van der Waals surface area contributed by atoms with Crippen LogP contribution in [0.25, 0.3) is 0 Å². The van der Waals surface area contributed by atoms with E-state index in [0.29, 0.717) is 0 Å². The second-order valence-corrected chi connectivity index (χ2v) is 6.32. The van der Waals surface area contributed by atoms with Crippen molar-refractivity contribution >= 4 is 6.34 Å². The van der Waals surface area contributed by atoms with Gasteiger partial charge < -0.3 is 4.90 Å². The first kappa shape index (κ1) is 15.6. The third kappa shape index (κ3) is 3.45. The van der Waals surface area contributed by atoms with Crippen LogP contribution in [-0.4, -0.2) is 22.8 Å². The highest BCUT2D eigenvalue weighted by molar-refractivity contribution is 5.61. The minimum absolute atomic E-state index is 0.112. The molecular weight excluding hydrogens is 306 g/mol. The van der Waals surface area contributed by atoms with E-state index in [1.807, 2.05) is 24.8 Å². The minimum atomic E-state index is 0.112. The van der Waals surface area contributed by atoms with E-state index in [4.69, 9.17) is 4.99 Å². The van der Waals surface area contributed by atoms with Gasteiger partial charge in [-0.15, -0.1) is 0 Å². The predicted octanol–water partition coefficient (Wildman–Crippen LogP) is 4.45. The van der Waals surface area contributed by atoms with Gasteiger partial charge in [-0.05, 0) is 29.2 Å². The fourth-order valence-electron chi connectivity index (χ4n) is 3.44. The molecule has 0 fully saturated rings. The van der Waals surface area contributed by atoms with Crippen molar-refractivity contribution in [1.29, 1.82) is 0 Å². The molecule has 1 aliphatic rings. The molecule has 2 atom stereocenters. The van der Waals surface area contributed by atoms with Gasteiger partial charge >= 0.3 is 0 Å². The average Bonchev–Trinajstić information content (AvgIpc) is 3.12. The molecule has 0 saturated heterocycles. The lowest BCUT2D eigenvalue weighted by Gasteiger charge is -2.28. The quantitative estimate of drug-likeness (QED) is 0.692. The van der Waals surface area contributed by atoms with Crippen LogP contribution in [0.5, 0.6) is 0 Å². The fraction of sp³-hybridized carbons (Fsp3) is 0.182. The predicted molar refractivity (Wildman–Crippen MR) is 102 cm³/mol. The molecule has 124 valence electrons. The Hall–Kier alpha value is -2.94. The van der Waals surface area contributed by atoms with Crippen molar-refractivity contribution in [2.45, 2.75) is 18.5 Å². The van der Waals surface area contributed by atoms with Crippen molar-refractivity contribution in [3.05, 3.63) is 102 Å². The lowest BCUT2D eigenvalue weighted by atomic mass is 9.94. The molecule has 3 heteroatoms. The van der Waals surface area contributed by atoms with Crippen LogP contribution < -0.4 is 0 Å². The molecule has 25 heavy (non-hydrogen) atoms. The SMILES string of the molecule is C1=N[C@@H](c2ccccc2)[C@@H](c2cccnc2)N1CCc1ccccc1. The molecule has 0 bridgehead atoms. The van der Waals surface area contributed by atoms with Gasteiger partial charge in [0.15, 0.2) is 0 Å². The van der Waals surface area contributed by atoms with E-state index in [1.54, 1.807) is 0 Å². The molecule has 2 heterocycles. The van der Waals surface area contributed by atoms with Crippen LogP contribution >= 0.6 is 0 Å². The monoisotopic (exact) mass is 327 g/mol. The van der Waals surface area contributed by atoms with Crippen LogP contribution in [0.3, 0.4) is 0 Å². The van der Waals surface area contributed by atoms with Crippen molar-refractivity contribution in [3.63, 3.8) is 0 Å². The molecule has 0 N–H and O–H groups in total. The fourth-order valence-corrected chi connectivity index (χ4v) is 3.44. The summed E-state index contributed by atoms with van der Waals surface area (Å²) < 4.78 is 0. The van der Waals surface area contributed by atoms with Gasteiger partial charge in [0.1, 0.15) is 6.04 Å². The van der Waals surface area contributed by atoms with Crippen molar-refractivity contribution in [1.82, 2.24) is 9.88 Å². The smallest absolute Gasteiger partial charge is 0.101 e. The number of aromatic nitrogens is 1. The summed E-state index contributed by atoms with van der Waals surface area (Å²) in [6.45, 7) is 0.941. The number of hydrogen-bond donors (Lipinski definition) is 0. The summed E-state index contributed by atoms with van der Waals surface area (Å²) in [5.41, 5.74) is 3.81. The van der Waals surface area contributed by atoms with E-state index in [-0.39, 0.29) is 12.1 Å². The Morgan fingerprint density at radius 3 is 2.24 bits per heavy atom. The van der Waals surface area contributed by atoms with Crippen LogP contribution in [0.15, 0.2) is 90.2 Å². The van der Waals surface area contributed by atoms with Crippen molar-refractivity contribution in [2.75, 3.05) is 6.54 Å². The number of nitrogens with zero attached hydrogens (tertiary/aromatic N) is 3. The molecule has 0 unspecified atom stereocenters. The van der Waals surface area contributed by atoms with Crippen molar-refractivity contribution in [2.24, 2.45) is 4.99 Å². The molecule has 4 rings (SSSR count). The lowest BCUT2D eigenvalue weighted by Crippen LogP contribution is -2.28. The molecule has 0 saturated carbocycles. The Labute approximate surface area is 148 Å². The summed E-state index contributed by atoms with van der Waals surface area (Å²) >= 11 is 0. The van der Waals surface area contributed by atoms with Gasteiger partial charge in [0.2, 0.25) is 0 Å². The van der Waals surface area contributed by atoms with Crippen molar-refractivity contribution < 1.29 is 0 Å². The first-order chi connectivity index (χ1) is 12.4. The maximum atomic E-state index is 4.83. The van der Waals surface area contributed by atoms with Crippen LogP contribution in [0.4, 0.5) is 0 Å². The largest absolute Gasteiger partial charge is 0.353 e. The molecule has 3 nitrogen and oxygen atoms in total. The Balaban J connectivity index is 1.59. The van der Waals surface area contributed by atoms with Gasteiger partial charge in [-0.3, -0.25) is 9.98 Å². The second kappa shape index (κ2) is 7.31. The molecule has 0 amide bonds. The zero-order valence-corrected chi connectivity index (χ0v) is 14.1. The molecule has 3 aromatic rings. The van der Waals surface area contributed by atoms with E-state index in [2.05, 4.69) is 76.6 Å². The summed E-state index contributed by atoms with van der Waals surface area (Å²) in [4.78, 5) is 11.5. The second-order valence-electron chi connectivity index (χ2n) is 6.32. The summed E-state index contributed by atoms with van der Waals surface area (Å²) in [5, 5.41) is 0. The Morgan fingerprint density at radius 1 is 0.800 bits per heavy atom. The highest BCUT2D eigenvalue weighted by Crippen LogP contribution is 2.39. The third-order valence-corrected chi connectivity index (χ3v) is 4.70. The van der Waals surface area contributed by atoms with E-state index < -0.39 is 0 Å². The first-order valence-corrected chi connectivity index (χ1v) is 8.70. The number of benzene rings is 2.